The van der Waals surface area contributed by atoms with Gasteiger partial charge in [0.1, 0.15) is 0 Å². The van der Waals surface area contributed by atoms with Crippen LogP contribution in [-0.4, -0.2) is 31.6 Å². The molecule has 0 unspecified atom stereocenters. The summed E-state index contributed by atoms with van der Waals surface area (Å²) < 4.78 is 0. The number of carbonyl (C=O) groups excluding carboxylic acids is 1. The second kappa shape index (κ2) is 7.14. The van der Waals surface area contributed by atoms with Crippen LogP contribution in [0.15, 0.2) is 30.3 Å². The largest absolute Gasteiger partial charge is 0.371 e. The van der Waals surface area contributed by atoms with Crippen molar-refractivity contribution in [3.63, 3.8) is 0 Å². The molecule has 1 saturated heterocycles. The van der Waals surface area contributed by atoms with Gasteiger partial charge in [-0.15, -0.1) is 0 Å². The minimum atomic E-state index is 0.150. The molecular weight excluding hydrogens is 274 g/mol. The van der Waals surface area contributed by atoms with E-state index in [0.717, 1.165) is 45.2 Å². The molecule has 1 saturated carbocycles. The number of anilines is 1. The predicted molar refractivity (Wildman–Crippen MR) is 89.7 cm³/mol. The zero-order chi connectivity index (χ0) is 15.4. The van der Waals surface area contributed by atoms with Gasteiger partial charge in [-0.1, -0.05) is 24.6 Å². The lowest BCUT2D eigenvalue weighted by molar-refractivity contribution is -0.126. The molecule has 1 aromatic rings. The molecule has 0 aromatic heterocycles. The third-order valence-electron chi connectivity index (χ3n) is 5.26. The van der Waals surface area contributed by atoms with Crippen LogP contribution in [0.4, 0.5) is 5.69 Å². The van der Waals surface area contributed by atoms with Crippen molar-refractivity contribution < 1.29 is 4.79 Å². The summed E-state index contributed by atoms with van der Waals surface area (Å²) in [6.07, 6.45) is 5.32. The number of nitrogens with two attached hydrogens (primary N) is 1. The minimum Gasteiger partial charge on any atom is -0.371 e. The SMILES string of the molecule is NC[C@H]1CCC[C@H]1C(=O)NC1CCN(c2ccccc2)CC1. The number of benzene rings is 1. The first-order valence-electron chi connectivity index (χ1n) is 8.58. The predicted octanol–water partition coefficient (Wildman–Crippen LogP) is 2.15. The summed E-state index contributed by atoms with van der Waals surface area (Å²) in [4.78, 5) is 14.9. The first kappa shape index (κ1) is 15.3. The summed E-state index contributed by atoms with van der Waals surface area (Å²) in [5.41, 5.74) is 7.07. The highest BCUT2D eigenvalue weighted by Gasteiger charge is 2.33. The highest BCUT2D eigenvalue weighted by atomic mass is 16.2. The summed E-state index contributed by atoms with van der Waals surface area (Å²) in [6, 6.07) is 10.8. The molecule has 1 aliphatic heterocycles. The molecule has 0 bridgehead atoms. The average Bonchev–Trinajstić information content (AvgIpc) is 3.05. The number of para-hydroxylation sites is 1. The van der Waals surface area contributed by atoms with Crippen molar-refractivity contribution in [3.05, 3.63) is 30.3 Å². The molecule has 0 spiro atoms. The smallest absolute Gasteiger partial charge is 0.223 e. The van der Waals surface area contributed by atoms with Gasteiger partial charge in [0.15, 0.2) is 0 Å². The molecular formula is C18H27N3O. The van der Waals surface area contributed by atoms with Gasteiger partial charge in [-0.05, 0) is 50.3 Å². The fourth-order valence-electron chi connectivity index (χ4n) is 3.89. The number of piperidine rings is 1. The van der Waals surface area contributed by atoms with Crippen LogP contribution in [0.3, 0.4) is 0 Å². The van der Waals surface area contributed by atoms with Crippen LogP contribution < -0.4 is 16.0 Å². The van der Waals surface area contributed by atoms with E-state index in [9.17, 15) is 4.79 Å². The standard InChI is InChI=1S/C18H27N3O/c19-13-14-5-4-8-17(14)18(22)20-15-9-11-21(12-10-15)16-6-2-1-3-7-16/h1-3,6-7,14-15,17H,4-5,8-13,19H2,(H,20,22)/t14-,17-/m1/s1. The maximum absolute atomic E-state index is 12.5. The molecule has 3 N–H and O–H groups in total. The van der Waals surface area contributed by atoms with Crippen LogP contribution in [0.5, 0.6) is 0 Å². The van der Waals surface area contributed by atoms with Crippen LogP contribution in [0.1, 0.15) is 32.1 Å². The lowest BCUT2D eigenvalue weighted by Crippen LogP contribution is -2.47. The van der Waals surface area contributed by atoms with Crippen LogP contribution in [0, 0.1) is 11.8 Å². The Morgan fingerprint density at radius 1 is 1.14 bits per heavy atom. The van der Waals surface area contributed by atoms with Crippen molar-refractivity contribution in [2.45, 2.75) is 38.1 Å². The monoisotopic (exact) mass is 301 g/mol. The topological polar surface area (TPSA) is 58.4 Å². The Balaban J connectivity index is 1.49. The fourth-order valence-corrected chi connectivity index (χ4v) is 3.89. The van der Waals surface area contributed by atoms with E-state index < -0.39 is 0 Å². The van der Waals surface area contributed by atoms with Gasteiger partial charge in [0, 0.05) is 30.7 Å². The van der Waals surface area contributed by atoms with E-state index in [4.69, 9.17) is 5.73 Å². The Labute approximate surface area is 133 Å². The molecule has 1 heterocycles. The first-order valence-corrected chi connectivity index (χ1v) is 8.58. The average molecular weight is 301 g/mol. The lowest BCUT2D eigenvalue weighted by atomic mass is 9.94. The van der Waals surface area contributed by atoms with E-state index in [1.807, 2.05) is 6.07 Å². The van der Waals surface area contributed by atoms with Gasteiger partial charge >= 0.3 is 0 Å². The second-order valence-electron chi connectivity index (χ2n) is 6.64. The van der Waals surface area contributed by atoms with Gasteiger partial charge in [-0.25, -0.2) is 0 Å². The molecule has 1 amide bonds. The molecule has 4 nitrogen and oxygen atoms in total. The Hall–Kier alpha value is -1.55. The normalized spacial score (nSPS) is 26.1. The molecule has 0 radical (unpaired) electrons. The highest BCUT2D eigenvalue weighted by Crippen LogP contribution is 2.31. The number of nitrogens with zero attached hydrogens (tertiary/aromatic N) is 1. The van der Waals surface area contributed by atoms with Gasteiger partial charge in [-0.2, -0.15) is 0 Å². The zero-order valence-corrected chi connectivity index (χ0v) is 13.2. The van der Waals surface area contributed by atoms with E-state index in [-0.39, 0.29) is 11.8 Å². The van der Waals surface area contributed by atoms with E-state index in [1.54, 1.807) is 0 Å². The molecule has 2 fully saturated rings. The Bertz CT molecular complexity index is 482. The summed E-state index contributed by atoms with van der Waals surface area (Å²) in [5.74, 6) is 0.785. The number of carbonyl (C=O) groups is 1. The summed E-state index contributed by atoms with van der Waals surface area (Å²) in [6.45, 7) is 2.67. The van der Waals surface area contributed by atoms with E-state index in [2.05, 4.69) is 34.5 Å². The Morgan fingerprint density at radius 2 is 1.86 bits per heavy atom. The van der Waals surface area contributed by atoms with Gasteiger partial charge in [-0.3, -0.25) is 4.79 Å². The Morgan fingerprint density at radius 3 is 2.55 bits per heavy atom. The third kappa shape index (κ3) is 3.43. The third-order valence-corrected chi connectivity index (χ3v) is 5.26. The number of rotatable bonds is 4. The van der Waals surface area contributed by atoms with Crippen molar-refractivity contribution in [1.82, 2.24) is 5.32 Å². The molecule has 3 rings (SSSR count). The van der Waals surface area contributed by atoms with Crippen LogP contribution in [0.2, 0.25) is 0 Å². The number of nitrogens with one attached hydrogen (secondary N) is 1. The van der Waals surface area contributed by atoms with Crippen molar-refractivity contribution >= 4 is 11.6 Å². The van der Waals surface area contributed by atoms with E-state index >= 15 is 0 Å². The molecule has 4 heteroatoms. The summed E-state index contributed by atoms with van der Waals surface area (Å²) >= 11 is 0. The molecule has 1 aromatic carbocycles. The van der Waals surface area contributed by atoms with Crippen LogP contribution >= 0.6 is 0 Å². The van der Waals surface area contributed by atoms with Crippen molar-refractivity contribution in [2.75, 3.05) is 24.5 Å². The molecule has 2 atom stereocenters. The quantitative estimate of drug-likeness (QED) is 0.896. The first-order chi connectivity index (χ1) is 10.8. The van der Waals surface area contributed by atoms with Gasteiger partial charge in [0.25, 0.3) is 0 Å². The van der Waals surface area contributed by atoms with E-state index in [0.29, 0.717) is 18.5 Å². The molecule has 1 aliphatic carbocycles. The maximum Gasteiger partial charge on any atom is 0.223 e. The lowest BCUT2D eigenvalue weighted by Gasteiger charge is -2.34. The minimum absolute atomic E-state index is 0.150. The van der Waals surface area contributed by atoms with Crippen molar-refractivity contribution in [2.24, 2.45) is 17.6 Å². The second-order valence-corrected chi connectivity index (χ2v) is 6.64. The highest BCUT2D eigenvalue weighted by molar-refractivity contribution is 5.79. The van der Waals surface area contributed by atoms with E-state index in [1.165, 1.54) is 5.69 Å². The molecule has 22 heavy (non-hydrogen) atoms. The summed E-state index contributed by atoms with van der Waals surface area (Å²) in [7, 11) is 0. The number of hydrogen-bond donors (Lipinski definition) is 2. The number of hydrogen-bond acceptors (Lipinski definition) is 3. The van der Waals surface area contributed by atoms with Crippen LogP contribution in [0.25, 0.3) is 0 Å². The van der Waals surface area contributed by atoms with Gasteiger partial charge in [0.2, 0.25) is 5.91 Å². The van der Waals surface area contributed by atoms with Gasteiger partial charge in [0.05, 0.1) is 0 Å². The van der Waals surface area contributed by atoms with Crippen LogP contribution in [-0.2, 0) is 4.79 Å². The Kier molecular flexibility index (Phi) is 4.98. The fraction of sp³-hybridized carbons (Fsp3) is 0.611. The van der Waals surface area contributed by atoms with Crippen molar-refractivity contribution in [3.8, 4) is 0 Å². The maximum atomic E-state index is 12.5. The molecule has 2 aliphatic rings. The van der Waals surface area contributed by atoms with Crippen molar-refractivity contribution in [1.29, 1.82) is 0 Å². The summed E-state index contributed by atoms with van der Waals surface area (Å²) in [5, 5.41) is 3.28. The molecule has 120 valence electrons. The van der Waals surface area contributed by atoms with Gasteiger partial charge < -0.3 is 16.0 Å². The number of amides is 1. The zero-order valence-electron chi connectivity index (χ0n) is 13.2.